The smallest absolute Gasteiger partial charge is 0.273 e. The molecule has 1 heterocycles. The number of benzene rings is 1. The molecule has 0 bridgehead atoms. The minimum absolute atomic E-state index is 0.00564. The van der Waals surface area contributed by atoms with Crippen molar-refractivity contribution in [1.82, 2.24) is 4.98 Å². The number of aromatic nitrogens is 1. The second kappa shape index (κ2) is 5.66. The number of ether oxygens (including phenoxy) is 1. The van der Waals surface area contributed by atoms with Crippen LogP contribution in [0.3, 0.4) is 0 Å². The van der Waals surface area contributed by atoms with Crippen LogP contribution >= 0.6 is 22.9 Å². The van der Waals surface area contributed by atoms with Gasteiger partial charge in [-0.15, -0.1) is 0 Å². The van der Waals surface area contributed by atoms with Gasteiger partial charge in [-0.1, -0.05) is 22.9 Å². The van der Waals surface area contributed by atoms with Crippen LogP contribution in [0.4, 0.5) is 5.69 Å². The Bertz CT molecular complexity index is 780. The molecule has 0 saturated heterocycles. The van der Waals surface area contributed by atoms with Gasteiger partial charge in [-0.3, -0.25) is 4.72 Å². The van der Waals surface area contributed by atoms with Gasteiger partial charge < -0.3 is 4.74 Å². The molecular formula is C11H8ClN3O3S2. The van der Waals surface area contributed by atoms with Crippen molar-refractivity contribution in [3.05, 3.63) is 34.4 Å². The van der Waals surface area contributed by atoms with E-state index in [2.05, 4.69) is 9.71 Å². The van der Waals surface area contributed by atoms with Gasteiger partial charge in [-0.2, -0.15) is 5.26 Å². The number of nitrogens with zero attached hydrogens (tertiary/aromatic N) is 2. The van der Waals surface area contributed by atoms with Crippen LogP contribution in [0.2, 0.25) is 4.47 Å². The molecule has 0 saturated carbocycles. The van der Waals surface area contributed by atoms with Gasteiger partial charge in [-0.25, -0.2) is 13.4 Å². The standard InChI is InChI=1S/C11H8ClN3O3S2/c1-18-9-4-7(5-13)2-3-8(9)15-20(16,17)10-6-14-11(12)19-10/h2-4,6,15H,1H3. The number of hydrogen-bond acceptors (Lipinski definition) is 6. The summed E-state index contributed by atoms with van der Waals surface area (Å²) < 4.78 is 31.8. The maximum absolute atomic E-state index is 12.1. The highest BCUT2D eigenvalue weighted by Crippen LogP contribution is 2.30. The first-order chi connectivity index (χ1) is 9.46. The Morgan fingerprint density at radius 1 is 1.50 bits per heavy atom. The van der Waals surface area contributed by atoms with Crippen LogP contribution in [-0.2, 0) is 10.0 Å². The zero-order valence-electron chi connectivity index (χ0n) is 10.1. The number of halogens is 1. The number of nitrogens with one attached hydrogen (secondary N) is 1. The van der Waals surface area contributed by atoms with Gasteiger partial charge in [0.15, 0.2) is 8.68 Å². The third-order valence-corrected chi connectivity index (χ3v) is 5.24. The van der Waals surface area contributed by atoms with Crippen LogP contribution in [-0.4, -0.2) is 20.5 Å². The molecule has 0 aliphatic rings. The van der Waals surface area contributed by atoms with Gasteiger partial charge in [0.1, 0.15) is 5.75 Å². The number of hydrogen-bond donors (Lipinski definition) is 1. The van der Waals surface area contributed by atoms with Crippen molar-refractivity contribution >= 4 is 38.6 Å². The first-order valence-electron chi connectivity index (χ1n) is 5.18. The Hall–Kier alpha value is -1.82. The maximum atomic E-state index is 12.1. The van der Waals surface area contributed by atoms with Gasteiger partial charge >= 0.3 is 0 Å². The van der Waals surface area contributed by atoms with Crippen LogP contribution in [0.5, 0.6) is 5.75 Å². The lowest BCUT2D eigenvalue weighted by Gasteiger charge is -2.10. The number of rotatable bonds is 4. The molecule has 0 aliphatic carbocycles. The number of sulfonamides is 1. The molecular weight excluding hydrogens is 322 g/mol. The first kappa shape index (κ1) is 14.6. The molecule has 0 aliphatic heterocycles. The SMILES string of the molecule is COc1cc(C#N)ccc1NS(=O)(=O)c1cnc(Cl)s1. The summed E-state index contributed by atoms with van der Waals surface area (Å²) in [5, 5.41) is 8.80. The van der Waals surface area contributed by atoms with Crippen molar-refractivity contribution in [2.45, 2.75) is 4.21 Å². The van der Waals surface area contributed by atoms with Crippen molar-refractivity contribution in [1.29, 1.82) is 5.26 Å². The van der Waals surface area contributed by atoms with E-state index in [0.29, 0.717) is 5.56 Å². The van der Waals surface area contributed by atoms with Crippen LogP contribution < -0.4 is 9.46 Å². The minimum atomic E-state index is -3.79. The lowest BCUT2D eigenvalue weighted by atomic mass is 10.2. The van der Waals surface area contributed by atoms with Crippen LogP contribution in [0, 0.1) is 11.3 Å². The van der Waals surface area contributed by atoms with E-state index in [9.17, 15) is 8.42 Å². The van der Waals surface area contributed by atoms with Gasteiger partial charge in [0.25, 0.3) is 10.0 Å². The second-order valence-electron chi connectivity index (χ2n) is 3.56. The van der Waals surface area contributed by atoms with Crippen LogP contribution in [0.25, 0.3) is 0 Å². The molecule has 20 heavy (non-hydrogen) atoms. The molecule has 2 aromatic rings. The van der Waals surface area contributed by atoms with Crippen molar-refractivity contribution in [3.8, 4) is 11.8 Å². The summed E-state index contributed by atoms with van der Waals surface area (Å²) in [5.41, 5.74) is 0.599. The van der Waals surface area contributed by atoms with Gasteiger partial charge in [0.05, 0.1) is 30.6 Å². The summed E-state index contributed by atoms with van der Waals surface area (Å²) in [4.78, 5) is 3.68. The molecule has 104 valence electrons. The molecule has 0 fully saturated rings. The fourth-order valence-electron chi connectivity index (χ4n) is 1.40. The number of anilines is 1. The first-order valence-corrected chi connectivity index (χ1v) is 7.86. The monoisotopic (exact) mass is 329 g/mol. The molecule has 1 aromatic heterocycles. The van der Waals surface area contributed by atoms with Gasteiger partial charge in [-0.05, 0) is 12.1 Å². The number of methoxy groups -OCH3 is 1. The third-order valence-electron chi connectivity index (χ3n) is 2.30. The highest BCUT2D eigenvalue weighted by Gasteiger charge is 2.19. The lowest BCUT2D eigenvalue weighted by Crippen LogP contribution is -2.12. The normalized spacial score (nSPS) is 10.8. The summed E-state index contributed by atoms with van der Waals surface area (Å²) in [6, 6.07) is 6.33. The van der Waals surface area contributed by atoms with E-state index in [-0.39, 0.29) is 20.1 Å². The van der Waals surface area contributed by atoms with E-state index in [1.807, 2.05) is 6.07 Å². The van der Waals surface area contributed by atoms with E-state index in [1.54, 1.807) is 0 Å². The van der Waals surface area contributed by atoms with E-state index in [0.717, 1.165) is 11.3 Å². The van der Waals surface area contributed by atoms with Gasteiger partial charge in [0, 0.05) is 6.07 Å². The van der Waals surface area contributed by atoms with E-state index < -0.39 is 10.0 Å². The quantitative estimate of drug-likeness (QED) is 0.930. The number of nitriles is 1. The highest BCUT2D eigenvalue weighted by molar-refractivity contribution is 7.94. The van der Waals surface area contributed by atoms with Crippen molar-refractivity contribution in [3.63, 3.8) is 0 Å². The molecule has 0 amide bonds. The Morgan fingerprint density at radius 2 is 2.25 bits per heavy atom. The molecule has 9 heteroatoms. The number of thiazole rings is 1. The molecule has 0 unspecified atom stereocenters. The van der Waals surface area contributed by atoms with E-state index >= 15 is 0 Å². The second-order valence-corrected chi connectivity index (χ2v) is 7.09. The average molecular weight is 330 g/mol. The topological polar surface area (TPSA) is 92.1 Å². The lowest BCUT2D eigenvalue weighted by molar-refractivity contribution is 0.416. The predicted octanol–water partition coefficient (Wildman–Crippen LogP) is 2.48. The summed E-state index contributed by atoms with van der Waals surface area (Å²) >= 11 is 6.47. The molecule has 0 spiro atoms. The van der Waals surface area contributed by atoms with Crippen molar-refractivity contribution < 1.29 is 13.2 Å². The minimum Gasteiger partial charge on any atom is -0.495 e. The van der Waals surface area contributed by atoms with Crippen LogP contribution in [0.15, 0.2) is 28.6 Å². The third kappa shape index (κ3) is 3.01. The summed E-state index contributed by atoms with van der Waals surface area (Å²) in [5.74, 6) is 0.253. The molecule has 2 rings (SSSR count). The zero-order valence-corrected chi connectivity index (χ0v) is 12.5. The Labute approximate surface area is 124 Å². The highest BCUT2D eigenvalue weighted by atomic mass is 35.5. The summed E-state index contributed by atoms with van der Waals surface area (Å²) in [6.45, 7) is 0. The molecule has 1 N–H and O–H groups in total. The fourth-order valence-corrected chi connectivity index (χ4v) is 3.77. The van der Waals surface area contributed by atoms with Crippen molar-refractivity contribution in [2.24, 2.45) is 0 Å². The summed E-state index contributed by atoms with van der Waals surface area (Å²) in [6.07, 6.45) is 1.17. The Kier molecular flexibility index (Phi) is 4.13. The molecule has 0 atom stereocenters. The fraction of sp³-hybridized carbons (Fsp3) is 0.0909. The maximum Gasteiger partial charge on any atom is 0.273 e. The van der Waals surface area contributed by atoms with Crippen molar-refractivity contribution in [2.75, 3.05) is 11.8 Å². The summed E-state index contributed by atoms with van der Waals surface area (Å²) in [7, 11) is -2.40. The zero-order chi connectivity index (χ0) is 14.8. The molecule has 1 aromatic carbocycles. The van der Waals surface area contributed by atoms with E-state index in [1.165, 1.54) is 31.5 Å². The Balaban J connectivity index is 2.37. The van der Waals surface area contributed by atoms with Crippen LogP contribution in [0.1, 0.15) is 5.56 Å². The predicted molar refractivity (Wildman–Crippen MR) is 75.6 cm³/mol. The van der Waals surface area contributed by atoms with E-state index in [4.69, 9.17) is 21.6 Å². The Morgan fingerprint density at radius 3 is 2.80 bits per heavy atom. The average Bonchev–Trinajstić information content (AvgIpc) is 2.86. The molecule has 6 nitrogen and oxygen atoms in total. The van der Waals surface area contributed by atoms with Gasteiger partial charge in [0.2, 0.25) is 0 Å². The largest absolute Gasteiger partial charge is 0.495 e. The molecule has 0 radical (unpaired) electrons.